The van der Waals surface area contributed by atoms with Gasteiger partial charge in [-0.05, 0) is 52.2 Å². The van der Waals surface area contributed by atoms with Gasteiger partial charge in [-0.15, -0.1) is 37.2 Å². The minimum absolute atomic E-state index is 0. The van der Waals surface area contributed by atoms with Gasteiger partial charge in [-0.1, -0.05) is 0 Å². The van der Waals surface area contributed by atoms with Gasteiger partial charge in [-0.25, -0.2) is 0 Å². The van der Waals surface area contributed by atoms with Gasteiger partial charge in [0.25, 0.3) is 0 Å². The lowest BCUT2D eigenvalue weighted by atomic mass is 9.93. The molecular weight excluding hydrogens is 371 g/mol. The SMILES string of the molecule is CC(CN1CCN(C)CC1)NC(=O)CCC1CCNCC1.Cl.Cl.Cl. The first-order chi connectivity index (χ1) is 10.1. The number of piperazine rings is 1. The second kappa shape index (κ2) is 14.4. The lowest BCUT2D eigenvalue weighted by Gasteiger charge is -2.34. The first kappa shape index (κ1) is 26.4. The summed E-state index contributed by atoms with van der Waals surface area (Å²) < 4.78 is 0. The molecule has 0 aliphatic carbocycles. The van der Waals surface area contributed by atoms with Gasteiger partial charge < -0.3 is 15.5 Å². The predicted molar refractivity (Wildman–Crippen MR) is 108 cm³/mol. The highest BCUT2D eigenvalue weighted by Crippen LogP contribution is 2.17. The molecule has 1 atom stereocenters. The van der Waals surface area contributed by atoms with Crippen LogP contribution in [0.25, 0.3) is 0 Å². The molecule has 0 spiro atoms. The van der Waals surface area contributed by atoms with Crippen molar-refractivity contribution in [1.82, 2.24) is 20.4 Å². The van der Waals surface area contributed by atoms with E-state index in [9.17, 15) is 4.79 Å². The molecule has 1 unspecified atom stereocenters. The molecule has 0 aromatic heterocycles. The van der Waals surface area contributed by atoms with Crippen molar-refractivity contribution in [2.45, 2.75) is 38.6 Å². The number of halogens is 3. The number of hydrogen-bond acceptors (Lipinski definition) is 4. The van der Waals surface area contributed by atoms with Crippen LogP contribution < -0.4 is 10.6 Å². The van der Waals surface area contributed by atoms with Crippen molar-refractivity contribution in [2.24, 2.45) is 5.92 Å². The third-order valence-electron chi connectivity index (χ3n) is 4.77. The largest absolute Gasteiger partial charge is 0.352 e. The number of likely N-dealkylation sites (N-methyl/N-ethyl adjacent to an activating group) is 1. The zero-order valence-electron chi connectivity index (χ0n) is 15.0. The molecule has 2 N–H and O–H groups in total. The van der Waals surface area contributed by atoms with Gasteiger partial charge in [0.2, 0.25) is 5.91 Å². The third-order valence-corrected chi connectivity index (χ3v) is 4.77. The molecule has 8 heteroatoms. The number of piperidine rings is 1. The summed E-state index contributed by atoms with van der Waals surface area (Å²) in [5, 5.41) is 6.54. The molecule has 2 aliphatic rings. The van der Waals surface area contributed by atoms with Crippen molar-refractivity contribution in [3.05, 3.63) is 0 Å². The smallest absolute Gasteiger partial charge is 0.220 e. The highest BCUT2D eigenvalue weighted by molar-refractivity contribution is 5.86. The monoisotopic (exact) mass is 404 g/mol. The van der Waals surface area contributed by atoms with Gasteiger partial charge in [0.1, 0.15) is 0 Å². The average molecular weight is 406 g/mol. The summed E-state index contributed by atoms with van der Waals surface area (Å²) in [6.07, 6.45) is 4.20. The summed E-state index contributed by atoms with van der Waals surface area (Å²) in [5.74, 6) is 0.972. The van der Waals surface area contributed by atoms with Gasteiger partial charge in [-0.3, -0.25) is 9.69 Å². The maximum absolute atomic E-state index is 12.0. The van der Waals surface area contributed by atoms with E-state index in [1.807, 2.05) is 0 Å². The van der Waals surface area contributed by atoms with Crippen molar-refractivity contribution in [2.75, 3.05) is 52.9 Å². The molecule has 5 nitrogen and oxygen atoms in total. The molecule has 2 fully saturated rings. The quantitative estimate of drug-likeness (QED) is 0.707. The molecule has 0 aromatic carbocycles. The van der Waals surface area contributed by atoms with E-state index in [0.29, 0.717) is 6.42 Å². The number of hydrogen-bond donors (Lipinski definition) is 2. The number of carbonyl (C=O) groups excluding carboxylic acids is 1. The van der Waals surface area contributed by atoms with Crippen molar-refractivity contribution < 1.29 is 4.79 Å². The number of nitrogens with one attached hydrogen (secondary N) is 2. The van der Waals surface area contributed by atoms with Gasteiger partial charge in [0.05, 0.1) is 0 Å². The topological polar surface area (TPSA) is 47.6 Å². The zero-order valence-corrected chi connectivity index (χ0v) is 17.4. The highest BCUT2D eigenvalue weighted by Gasteiger charge is 2.18. The van der Waals surface area contributed by atoms with Crippen LogP contribution in [0.4, 0.5) is 0 Å². The fourth-order valence-corrected chi connectivity index (χ4v) is 3.32. The molecule has 2 heterocycles. The standard InChI is InChI=1S/C16H32N4O.3ClH/c1-14(13-20-11-9-19(2)10-12-20)18-16(21)4-3-15-5-7-17-8-6-15;;;/h14-15,17H,3-13H2,1-2H3,(H,18,21);3*1H. The molecule has 0 saturated carbocycles. The second-order valence-electron chi connectivity index (χ2n) is 6.80. The Labute approximate surface area is 165 Å². The summed E-state index contributed by atoms with van der Waals surface area (Å²) in [7, 11) is 2.17. The molecule has 24 heavy (non-hydrogen) atoms. The number of carbonyl (C=O) groups is 1. The molecule has 1 amide bonds. The van der Waals surface area contributed by atoms with Crippen molar-refractivity contribution >= 4 is 43.1 Å². The van der Waals surface area contributed by atoms with Crippen molar-refractivity contribution in [3.8, 4) is 0 Å². The van der Waals surface area contributed by atoms with Crippen LogP contribution in [0.15, 0.2) is 0 Å². The minimum atomic E-state index is 0. The summed E-state index contributed by atoms with van der Waals surface area (Å²) in [6, 6.07) is 0.258. The Morgan fingerprint density at radius 1 is 1.12 bits per heavy atom. The van der Waals surface area contributed by atoms with E-state index in [4.69, 9.17) is 0 Å². The maximum atomic E-state index is 12.0. The van der Waals surface area contributed by atoms with Crippen LogP contribution >= 0.6 is 37.2 Å². The van der Waals surface area contributed by atoms with Crippen LogP contribution in [0.2, 0.25) is 0 Å². The second-order valence-corrected chi connectivity index (χ2v) is 6.80. The maximum Gasteiger partial charge on any atom is 0.220 e. The van der Waals surface area contributed by atoms with E-state index in [0.717, 1.165) is 58.2 Å². The van der Waals surface area contributed by atoms with E-state index in [1.54, 1.807) is 0 Å². The summed E-state index contributed by atoms with van der Waals surface area (Å²) in [4.78, 5) is 16.9. The Kier molecular flexibility index (Phi) is 15.9. The predicted octanol–water partition coefficient (Wildman–Crippen LogP) is 1.78. The fourth-order valence-electron chi connectivity index (χ4n) is 3.32. The van der Waals surface area contributed by atoms with Crippen LogP contribution in [-0.4, -0.2) is 74.6 Å². The fraction of sp³-hybridized carbons (Fsp3) is 0.938. The number of rotatable bonds is 6. The van der Waals surface area contributed by atoms with E-state index in [2.05, 4.69) is 34.4 Å². The van der Waals surface area contributed by atoms with Gasteiger partial charge in [-0.2, -0.15) is 0 Å². The lowest BCUT2D eigenvalue weighted by molar-refractivity contribution is -0.122. The Bertz CT molecular complexity index is 322. The molecule has 2 aliphatic heterocycles. The summed E-state index contributed by atoms with van der Waals surface area (Å²) in [6.45, 7) is 9.84. The van der Waals surface area contributed by atoms with Crippen molar-refractivity contribution in [3.63, 3.8) is 0 Å². The van der Waals surface area contributed by atoms with E-state index in [1.165, 1.54) is 12.8 Å². The van der Waals surface area contributed by atoms with Crippen LogP contribution in [0.5, 0.6) is 0 Å². The molecule has 0 radical (unpaired) electrons. The Hall–Kier alpha value is 0.220. The first-order valence-corrected chi connectivity index (χ1v) is 8.54. The molecule has 146 valence electrons. The van der Waals surface area contributed by atoms with Gasteiger partial charge in [0, 0.05) is 45.2 Å². The van der Waals surface area contributed by atoms with Gasteiger partial charge >= 0.3 is 0 Å². The zero-order chi connectivity index (χ0) is 15.1. The minimum Gasteiger partial charge on any atom is -0.352 e. The first-order valence-electron chi connectivity index (χ1n) is 8.54. The van der Waals surface area contributed by atoms with Gasteiger partial charge in [0.15, 0.2) is 0 Å². The number of amides is 1. The number of nitrogens with zero attached hydrogens (tertiary/aromatic N) is 2. The van der Waals surface area contributed by atoms with Crippen LogP contribution in [0, 0.1) is 5.92 Å². The van der Waals surface area contributed by atoms with Crippen LogP contribution in [0.1, 0.15) is 32.6 Å². The Balaban J connectivity index is 0. The molecule has 2 saturated heterocycles. The molecule has 0 bridgehead atoms. The normalized spacial score (nSPS) is 20.9. The Morgan fingerprint density at radius 3 is 2.29 bits per heavy atom. The highest BCUT2D eigenvalue weighted by atomic mass is 35.5. The van der Waals surface area contributed by atoms with Crippen LogP contribution in [-0.2, 0) is 4.79 Å². The molecule has 0 aromatic rings. The Morgan fingerprint density at radius 2 is 1.71 bits per heavy atom. The average Bonchev–Trinajstić information content (AvgIpc) is 2.48. The van der Waals surface area contributed by atoms with Crippen molar-refractivity contribution in [1.29, 1.82) is 0 Å². The molecule has 2 rings (SSSR count). The van der Waals surface area contributed by atoms with Crippen LogP contribution in [0.3, 0.4) is 0 Å². The van der Waals surface area contributed by atoms with E-state index in [-0.39, 0.29) is 49.2 Å². The molecular formula is C16H35Cl3N4O. The van der Waals surface area contributed by atoms with E-state index >= 15 is 0 Å². The third kappa shape index (κ3) is 10.3. The lowest BCUT2D eigenvalue weighted by Crippen LogP contribution is -2.49. The summed E-state index contributed by atoms with van der Waals surface area (Å²) in [5.41, 5.74) is 0. The summed E-state index contributed by atoms with van der Waals surface area (Å²) >= 11 is 0. The van der Waals surface area contributed by atoms with E-state index < -0.39 is 0 Å².